The van der Waals surface area contributed by atoms with E-state index in [1.807, 2.05) is 0 Å². The largest absolute Gasteiger partial charge is 0.481 e. The number of fused-ring (bicyclic) bond motifs is 1. The highest BCUT2D eigenvalue weighted by Gasteiger charge is 2.13. The van der Waals surface area contributed by atoms with Crippen LogP contribution < -0.4 is 5.32 Å². The van der Waals surface area contributed by atoms with Gasteiger partial charge in [0.15, 0.2) is 0 Å². The first-order chi connectivity index (χ1) is 12.8. The quantitative estimate of drug-likeness (QED) is 0.592. The van der Waals surface area contributed by atoms with Gasteiger partial charge in [0.1, 0.15) is 23.9 Å². The number of nitrogens with one attached hydrogen (secondary N) is 1. The summed E-state index contributed by atoms with van der Waals surface area (Å²) in [6.07, 6.45) is -0.569. The molecule has 0 aliphatic carbocycles. The van der Waals surface area contributed by atoms with Crippen LogP contribution in [0.5, 0.6) is 0 Å². The third-order valence-corrected chi connectivity index (χ3v) is 3.94. The number of carbonyl (C=O) groups is 2. The Morgan fingerprint density at radius 2 is 1.78 bits per heavy atom. The van der Waals surface area contributed by atoms with Crippen LogP contribution in [0, 0.1) is 5.82 Å². The van der Waals surface area contributed by atoms with Crippen molar-refractivity contribution >= 4 is 45.9 Å². The van der Waals surface area contributed by atoms with E-state index in [1.54, 1.807) is 18.2 Å². The van der Waals surface area contributed by atoms with E-state index in [1.165, 1.54) is 18.2 Å². The zero-order valence-corrected chi connectivity index (χ0v) is 14.5. The number of benzene rings is 2. The fourth-order valence-corrected chi connectivity index (χ4v) is 2.71. The van der Waals surface area contributed by atoms with Gasteiger partial charge in [-0.3, -0.25) is 9.59 Å². The van der Waals surface area contributed by atoms with Gasteiger partial charge in [-0.25, -0.2) is 14.4 Å². The van der Waals surface area contributed by atoms with Gasteiger partial charge in [0.2, 0.25) is 0 Å². The molecule has 0 spiro atoms. The van der Waals surface area contributed by atoms with Gasteiger partial charge in [-0.1, -0.05) is 17.7 Å². The molecule has 0 bridgehead atoms. The molecular formula is C18H13ClFN3O4. The average molecular weight is 390 g/mol. The number of aliphatic carboxylic acids is 2. The molecule has 0 radical (unpaired) electrons. The number of hydrogen-bond acceptors (Lipinski definition) is 5. The Labute approximate surface area is 157 Å². The van der Waals surface area contributed by atoms with Gasteiger partial charge < -0.3 is 15.5 Å². The molecular weight excluding hydrogens is 377 g/mol. The second-order valence-corrected chi connectivity index (χ2v) is 6.14. The fraction of sp³-hybridized carbons (Fsp3) is 0.111. The minimum absolute atomic E-state index is 0.0803. The van der Waals surface area contributed by atoms with Gasteiger partial charge >= 0.3 is 11.9 Å². The molecule has 0 aliphatic rings. The van der Waals surface area contributed by atoms with Crippen LogP contribution in [0.2, 0.25) is 5.02 Å². The Balaban J connectivity index is 2.10. The minimum atomic E-state index is -1.09. The summed E-state index contributed by atoms with van der Waals surface area (Å²) in [5.74, 6) is -2.31. The fourth-order valence-electron chi connectivity index (χ4n) is 2.53. The molecule has 0 fully saturated rings. The Hall–Kier alpha value is -3.26. The number of rotatable bonds is 6. The predicted octanol–water partition coefficient (Wildman–Crippen LogP) is 3.42. The maximum Gasteiger partial charge on any atom is 0.311 e. The van der Waals surface area contributed by atoms with Crippen LogP contribution in [0.25, 0.3) is 10.9 Å². The SMILES string of the molecule is O=C(O)Cc1ccc2nc(CC(=O)O)nc(Nc3ccc(F)c(Cl)c3)c2c1. The summed E-state index contributed by atoms with van der Waals surface area (Å²) in [6.45, 7) is 0. The first-order valence-corrected chi connectivity index (χ1v) is 8.15. The maximum absolute atomic E-state index is 13.4. The van der Waals surface area contributed by atoms with E-state index in [9.17, 15) is 14.0 Å². The van der Waals surface area contributed by atoms with E-state index < -0.39 is 17.8 Å². The van der Waals surface area contributed by atoms with Crippen LogP contribution in [-0.2, 0) is 22.4 Å². The Morgan fingerprint density at radius 3 is 2.44 bits per heavy atom. The zero-order valence-electron chi connectivity index (χ0n) is 13.7. The highest BCUT2D eigenvalue weighted by atomic mass is 35.5. The molecule has 0 saturated heterocycles. The lowest BCUT2D eigenvalue weighted by molar-refractivity contribution is -0.137. The molecule has 3 rings (SSSR count). The molecule has 0 atom stereocenters. The van der Waals surface area contributed by atoms with Crippen LogP contribution in [-0.4, -0.2) is 32.1 Å². The number of aromatic nitrogens is 2. The maximum atomic E-state index is 13.4. The molecule has 3 N–H and O–H groups in total. The highest BCUT2D eigenvalue weighted by Crippen LogP contribution is 2.27. The molecule has 1 heterocycles. The van der Waals surface area contributed by atoms with Crippen LogP contribution in [0.1, 0.15) is 11.4 Å². The Kier molecular flexibility index (Phi) is 5.18. The van der Waals surface area contributed by atoms with Crippen molar-refractivity contribution in [1.82, 2.24) is 9.97 Å². The number of carboxylic acid groups (broad SMARTS) is 2. The van der Waals surface area contributed by atoms with E-state index in [0.717, 1.165) is 0 Å². The third-order valence-electron chi connectivity index (χ3n) is 3.65. The van der Waals surface area contributed by atoms with Crippen molar-refractivity contribution in [3.8, 4) is 0 Å². The van der Waals surface area contributed by atoms with E-state index >= 15 is 0 Å². The summed E-state index contributed by atoms with van der Waals surface area (Å²) in [5, 5.41) is 21.4. The molecule has 9 heteroatoms. The summed E-state index contributed by atoms with van der Waals surface area (Å²) in [5.41, 5.74) is 1.42. The van der Waals surface area contributed by atoms with E-state index in [4.69, 9.17) is 21.8 Å². The molecule has 138 valence electrons. The second kappa shape index (κ2) is 7.55. The Morgan fingerprint density at radius 1 is 1.04 bits per heavy atom. The van der Waals surface area contributed by atoms with Crippen molar-refractivity contribution in [1.29, 1.82) is 0 Å². The number of carboxylic acids is 2. The number of nitrogens with zero attached hydrogens (tertiary/aromatic N) is 2. The first-order valence-electron chi connectivity index (χ1n) is 7.77. The lowest BCUT2D eigenvalue weighted by atomic mass is 10.1. The van der Waals surface area contributed by atoms with Crippen molar-refractivity contribution in [2.24, 2.45) is 0 Å². The van der Waals surface area contributed by atoms with E-state index in [2.05, 4.69) is 15.3 Å². The molecule has 1 aromatic heterocycles. The van der Waals surface area contributed by atoms with Crippen molar-refractivity contribution in [3.63, 3.8) is 0 Å². The van der Waals surface area contributed by atoms with E-state index in [0.29, 0.717) is 22.2 Å². The molecule has 27 heavy (non-hydrogen) atoms. The van der Waals surface area contributed by atoms with Crippen LogP contribution >= 0.6 is 11.6 Å². The second-order valence-electron chi connectivity index (χ2n) is 5.73. The lowest BCUT2D eigenvalue weighted by Crippen LogP contribution is -2.08. The third kappa shape index (κ3) is 4.48. The molecule has 0 aliphatic heterocycles. The van der Waals surface area contributed by atoms with Gasteiger partial charge in [0.25, 0.3) is 0 Å². The van der Waals surface area contributed by atoms with Gasteiger partial charge in [0, 0.05) is 11.1 Å². The van der Waals surface area contributed by atoms with E-state index in [-0.39, 0.29) is 29.5 Å². The standard InChI is InChI=1S/C18H13ClFN3O4/c19-12-7-10(2-3-13(12)20)21-18-11-5-9(6-16(24)25)1-4-14(11)22-15(23-18)8-17(26)27/h1-5,7H,6,8H2,(H,24,25)(H,26,27)(H,21,22,23). The molecule has 3 aromatic rings. The zero-order chi connectivity index (χ0) is 19.6. The average Bonchev–Trinajstić information content (AvgIpc) is 2.57. The number of hydrogen-bond donors (Lipinski definition) is 3. The monoisotopic (exact) mass is 389 g/mol. The normalized spacial score (nSPS) is 10.7. The lowest BCUT2D eigenvalue weighted by Gasteiger charge is -2.12. The Bertz CT molecular complexity index is 1060. The van der Waals surface area contributed by atoms with Gasteiger partial charge in [-0.15, -0.1) is 0 Å². The molecule has 0 saturated carbocycles. The predicted molar refractivity (Wildman–Crippen MR) is 96.9 cm³/mol. The summed E-state index contributed by atoms with van der Waals surface area (Å²) in [7, 11) is 0. The molecule has 0 unspecified atom stereocenters. The minimum Gasteiger partial charge on any atom is -0.481 e. The highest BCUT2D eigenvalue weighted by molar-refractivity contribution is 6.31. The number of halogens is 2. The number of anilines is 2. The molecule has 0 amide bonds. The molecule has 2 aromatic carbocycles. The van der Waals surface area contributed by atoms with Gasteiger partial charge in [0.05, 0.1) is 17.0 Å². The van der Waals surface area contributed by atoms with Gasteiger partial charge in [-0.2, -0.15) is 0 Å². The summed E-state index contributed by atoms with van der Waals surface area (Å²) >= 11 is 5.79. The molecule has 7 nitrogen and oxygen atoms in total. The van der Waals surface area contributed by atoms with Crippen LogP contribution in [0.4, 0.5) is 15.9 Å². The smallest absolute Gasteiger partial charge is 0.311 e. The topological polar surface area (TPSA) is 112 Å². The summed E-state index contributed by atoms with van der Waals surface area (Å²) in [4.78, 5) is 30.4. The summed E-state index contributed by atoms with van der Waals surface area (Å²) in [6, 6.07) is 8.81. The van der Waals surface area contributed by atoms with Gasteiger partial charge in [-0.05, 0) is 35.9 Å². The van der Waals surface area contributed by atoms with Crippen molar-refractivity contribution in [3.05, 3.63) is 58.6 Å². The van der Waals surface area contributed by atoms with Crippen LogP contribution in [0.3, 0.4) is 0 Å². The first kappa shape index (κ1) is 18.5. The van der Waals surface area contributed by atoms with Crippen LogP contribution in [0.15, 0.2) is 36.4 Å². The van der Waals surface area contributed by atoms with Crippen molar-refractivity contribution < 1.29 is 24.2 Å². The summed E-state index contributed by atoms with van der Waals surface area (Å²) < 4.78 is 13.4. The van der Waals surface area contributed by atoms with Crippen molar-refractivity contribution in [2.45, 2.75) is 12.8 Å². The van der Waals surface area contributed by atoms with Crippen molar-refractivity contribution in [2.75, 3.05) is 5.32 Å².